The van der Waals surface area contributed by atoms with Crippen LogP contribution in [0, 0.1) is 0 Å². The van der Waals surface area contributed by atoms with Gasteiger partial charge >= 0.3 is 0 Å². The molecule has 2 N–H and O–H groups in total. The molecule has 0 aromatic heterocycles. The van der Waals surface area contributed by atoms with E-state index in [9.17, 15) is 0 Å². The Labute approximate surface area is 116 Å². The molecule has 0 saturated carbocycles. The van der Waals surface area contributed by atoms with Gasteiger partial charge in [0.25, 0.3) is 0 Å². The van der Waals surface area contributed by atoms with Crippen LogP contribution in [-0.2, 0) is 6.54 Å². The van der Waals surface area contributed by atoms with E-state index in [1.807, 2.05) is 12.1 Å². The number of hydrogen-bond donors (Lipinski definition) is 1. The van der Waals surface area contributed by atoms with Gasteiger partial charge in [-0.1, -0.05) is 11.6 Å². The molecule has 4 heteroatoms. The quantitative estimate of drug-likeness (QED) is 0.862. The summed E-state index contributed by atoms with van der Waals surface area (Å²) in [4.78, 5) is 4.57. The van der Waals surface area contributed by atoms with Gasteiger partial charge in [0.05, 0.1) is 0 Å². The fourth-order valence-corrected chi connectivity index (χ4v) is 2.54. The standard InChI is InChI=1S/C14H24ClN3/c1-5-18(11(2)10-17(3)4)14-7-6-13(15)8-12(14)9-16/h6-8,11H,5,9-10,16H2,1-4H3. The molecular formula is C14H24ClN3. The normalized spacial score (nSPS) is 12.8. The minimum atomic E-state index is 0.441. The lowest BCUT2D eigenvalue weighted by Gasteiger charge is -2.33. The Bertz CT molecular complexity index is 379. The molecule has 1 unspecified atom stereocenters. The van der Waals surface area contributed by atoms with Crippen LogP contribution < -0.4 is 10.6 Å². The second kappa shape index (κ2) is 6.98. The van der Waals surface area contributed by atoms with Gasteiger partial charge in [-0.05, 0) is 51.7 Å². The van der Waals surface area contributed by atoms with Crippen molar-refractivity contribution < 1.29 is 0 Å². The maximum Gasteiger partial charge on any atom is 0.0415 e. The lowest BCUT2D eigenvalue weighted by atomic mass is 10.1. The maximum atomic E-state index is 6.03. The summed E-state index contributed by atoms with van der Waals surface area (Å²) in [7, 11) is 4.19. The zero-order valence-corrected chi connectivity index (χ0v) is 12.5. The molecule has 3 nitrogen and oxygen atoms in total. The first kappa shape index (κ1) is 15.3. The second-order valence-corrected chi connectivity index (χ2v) is 5.31. The number of nitrogens with two attached hydrogens (primary N) is 1. The first-order valence-corrected chi connectivity index (χ1v) is 6.77. The van der Waals surface area contributed by atoms with Gasteiger partial charge in [-0.3, -0.25) is 0 Å². The van der Waals surface area contributed by atoms with Crippen LogP contribution in [0.25, 0.3) is 0 Å². The van der Waals surface area contributed by atoms with Crippen LogP contribution in [0.2, 0.25) is 5.02 Å². The van der Waals surface area contributed by atoms with Crippen molar-refractivity contribution in [2.75, 3.05) is 32.1 Å². The van der Waals surface area contributed by atoms with Gasteiger partial charge < -0.3 is 15.5 Å². The third kappa shape index (κ3) is 3.87. The van der Waals surface area contributed by atoms with Gasteiger partial charge in [0.15, 0.2) is 0 Å². The fraction of sp³-hybridized carbons (Fsp3) is 0.571. The van der Waals surface area contributed by atoms with Crippen LogP contribution in [0.15, 0.2) is 18.2 Å². The summed E-state index contributed by atoms with van der Waals surface area (Å²) in [5, 5.41) is 0.746. The zero-order chi connectivity index (χ0) is 13.7. The third-order valence-corrected chi connectivity index (χ3v) is 3.31. The Morgan fingerprint density at radius 3 is 2.50 bits per heavy atom. The molecule has 1 aromatic carbocycles. The average Bonchev–Trinajstić information content (AvgIpc) is 2.30. The number of likely N-dealkylation sites (N-methyl/N-ethyl adjacent to an activating group) is 2. The van der Waals surface area contributed by atoms with E-state index in [4.69, 9.17) is 17.3 Å². The fourth-order valence-electron chi connectivity index (χ4n) is 2.34. The summed E-state index contributed by atoms with van der Waals surface area (Å²) in [6.45, 7) is 6.89. The monoisotopic (exact) mass is 269 g/mol. The molecule has 0 aliphatic heterocycles. The number of rotatable bonds is 6. The van der Waals surface area contributed by atoms with E-state index < -0.39 is 0 Å². The van der Waals surface area contributed by atoms with E-state index in [0.29, 0.717) is 12.6 Å². The van der Waals surface area contributed by atoms with Crippen LogP contribution in [0.4, 0.5) is 5.69 Å². The van der Waals surface area contributed by atoms with Crippen LogP contribution in [-0.4, -0.2) is 38.1 Å². The molecule has 1 rings (SSSR count). The first-order chi connectivity index (χ1) is 8.49. The van der Waals surface area contributed by atoms with E-state index in [2.05, 4.69) is 43.8 Å². The van der Waals surface area contributed by atoms with Crippen molar-refractivity contribution in [3.63, 3.8) is 0 Å². The molecule has 0 aliphatic carbocycles. The molecular weight excluding hydrogens is 246 g/mol. The summed E-state index contributed by atoms with van der Waals surface area (Å²) < 4.78 is 0. The zero-order valence-electron chi connectivity index (χ0n) is 11.8. The summed E-state index contributed by atoms with van der Waals surface area (Å²) in [6.07, 6.45) is 0. The van der Waals surface area contributed by atoms with E-state index in [1.165, 1.54) is 5.69 Å². The van der Waals surface area contributed by atoms with Gasteiger partial charge in [0.2, 0.25) is 0 Å². The Morgan fingerprint density at radius 2 is 2.00 bits per heavy atom. The molecule has 18 heavy (non-hydrogen) atoms. The van der Waals surface area contributed by atoms with Gasteiger partial charge in [0.1, 0.15) is 0 Å². The predicted molar refractivity (Wildman–Crippen MR) is 80.4 cm³/mol. The van der Waals surface area contributed by atoms with Crippen LogP contribution >= 0.6 is 11.6 Å². The van der Waals surface area contributed by atoms with Crippen molar-refractivity contribution in [1.82, 2.24) is 4.90 Å². The molecule has 0 amide bonds. The minimum Gasteiger partial charge on any atom is -0.368 e. The van der Waals surface area contributed by atoms with Crippen molar-refractivity contribution in [2.24, 2.45) is 5.73 Å². The molecule has 1 aromatic rings. The number of halogens is 1. The van der Waals surface area contributed by atoms with E-state index in [1.54, 1.807) is 0 Å². The summed E-state index contributed by atoms with van der Waals surface area (Å²) in [5.74, 6) is 0. The third-order valence-electron chi connectivity index (χ3n) is 3.07. The molecule has 0 saturated heterocycles. The van der Waals surface area contributed by atoms with Crippen LogP contribution in [0.3, 0.4) is 0 Å². The molecule has 102 valence electrons. The van der Waals surface area contributed by atoms with Crippen molar-refractivity contribution in [3.05, 3.63) is 28.8 Å². The van der Waals surface area contributed by atoms with Crippen molar-refractivity contribution in [1.29, 1.82) is 0 Å². The van der Waals surface area contributed by atoms with Crippen LogP contribution in [0.1, 0.15) is 19.4 Å². The van der Waals surface area contributed by atoms with Gasteiger partial charge in [-0.15, -0.1) is 0 Å². The minimum absolute atomic E-state index is 0.441. The maximum absolute atomic E-state index is 6.03. The lowest BCUT2D eigenvalue weighted by Crippen LogP contribution is -2.40. The van der Waals surface area contributed by atoms with Crippen molar-refractivity contribution >= 4 is 17.3 Å². The Kier molecular flexibility index (Phi) is 5.93. The number of anilines is 1. The molecule has 0 heterocycles. The summed E-state index contributed by atoms with van der Waals surface area (Å²) in [6, 6.07) is 6.40. The summed E-state index contributed by atoms with van der Waals surface area (Å²) >= 11 is 6.03. The smallest absolute Gasteiger partial charge is 0.0415 e. The van der Waals surface area contributed by atoms with Crippen LogP contribution in [0.5, 0.6) is 0 Å². The highest BCUT2D eigenvalue weighted by atomic mass is 35.5. The molecule has 0 radical (unpaired) electrons. The molecule has 0 fully saturated rings. The Morgan fingerprint density at radius 1 is 1.33 bits per heavy atom. The predicted octanol–water partition coefficient (Wildman–Crippen LogP) is 2.58. The van der Waals surface area contributed by atoms with Crippen molar-refractivity contribution in [3.8, 4) is 0 Å². The Hall–Kier alpha value is -0.770. The van der Waals surface area contributed by atoms with E-state index >= 15 is 0 Å². The summed E-state index contributed by atoms with van der Waals surface area (Å²) in [5.41, 5.74) is 8.12. The topological polar surface area (TPSA) is 32.5 Å². The van der Waals surface area contributed by atoms with Gasteiger partial charge in [-0.2, -0.15) is 0 Å². The Balaban J connectivity index is 3.00. The van der Waals surface area contributed by atoms with Crippen molar-refractivity contribution in [2.45, 2.75) is 26.4 Å². The highest BCUT2D eigenvalue weighted by Crippen LogP contribution is 2.25. The molecule has 0 bridgehead atoms. The average molecular weight is 270 g/mol. The largest absolute Gasteiger partial charge is 0.368 e. The lowest BCUT2D eigenvalue weighted by molar-refractivity contribution is 0.373. The number of nitrogens with zero attached hydrogens (tertiary/aromatic N) is 2. The van der Waals surface area contributed by atoms with Gasteiger partial charge in [-0.25, -0.2) is 0 Å². The SMILES string of the molecule is CCN(c1ccc(Cl)cc1CN)C(C)CN(C)C. The molecule has 0 aliphatic rings. The number of hydrogen-bond acceptors (Lipinski definition) is 3. The van der Waals surface area contributed by atoms with Gasteiger partial charge in [0, 0.05) is 36.4 Å². The highest BCUT2D eigenvalue weighted by Gasteiger charge is 2.16. The van der Waals surface area contributed by atoms with E-state index in [-0.39, 0.29) is 0 Å². The second-order valence-electron chi connectivity index (χ2n) is 4.87. The molecule has 1 atom stereocenters. The first-order valence-electron chi connectivity index (χ1n) is 6.39. The molecule has 0 spiro atoms. The number of benzene rings is 1. The van der Waals surface area contributed by atoms with E-state index in [0.717, 1.165) is 23.7 Å². The highest BCUT2D eigenvalue weighted by molar-refractivity contribution is 6.30.